The fourth-order valence-electron chi connectivity index (χ4n) is 2.46. The van der Waals surface area contributed by atoms with Gasteiger partial charge in [0.2, 0.25) is 0 Å². The van der Waals surface area contributed by atoms with Crippen molar-refractivity contribution in [2.24, 2.45) is 0 Å². The minimum Gasteiger partial charge on any atom is -0.459 e. The van der Waals surface area contributed by atoms with E-state index in [4.69, 9.17) is 4.42 Å². The molecule has 0 aliphatic carbocycles. The lowest BCUT2D eigenvalue weighted by atomic mass is 9.92. The largest absolute Gasteiger partial charge is 0.459 e. The average molecular weight is 201 g/mol. The van der Waals surface area contributed by atoms with Crippen LogP contribution in [0.5, 0.6) is 0 Å². The van der Waals surface area contributed by atoms with Crippen LogP contribution in [0.4, 0.5) is 0 Å². The number of rotatable bonds is 0. The summed E-state index contributed by atoms with van der Waals surface area (Å²) >= 11 is 0. The Morgan fingerprint density at radius 1 is 1.27 bits per heavy atom. The van der Waals surface area contributed by atoms with Crippen molar-refractivity contribution in [3.05, 3.63) is 35.6 Å². The maximum absolute atomic E-state index is 5.91. The van der Waals surface area contributed by atoms with Gasteiger partial charge in [0.25, 0.3) is 0 Å². The van der Waals surface area contributed by atoms with Crippen LogP contribution < -0.4 is 5.32 Å². The van der Waals surface area contributed by atoms with Crippen molar-refractivity contribution in [1.82, 2.24) is 5.32 Å². The quantitative estimate of drug-likeness (QED) is 0.708. The molecule has 1 aliphatic rings. The van der Waals surface area contributed by atoms with Crippen LogP contribution in [0, 0.1) is 0 Å². The number of furan rings is 1. The van der Waals surface area contributed by atoms with Crippen molar-refractivity contribution in [3.8, 4) is 0 Å². The van der Waals surface area contributed by atoms with E-state index >= 15 is 0 Å². The molecule has 0 amide bonds. The molecule has 2 unspecified atom stereocenters. The summed E-state index contributed by atoms with van der Waals surface area (Å²) in [7, 11) is 0. The van der Waals surface area contributed by atoms with Gasteiger partial charge in [-0.1, -0.05) is 25.1 Å². The molecule has 0 bridgehead atoms. The summed E-state index contributed by atoms with van der Waals surface area (Å²) in [5.41, 5.74) is 2.42. The van der Waals surface area contributed by atoms with Crippen molar-refractivity contribution in [2.45, 2.75) is 25.8 Å². The topological polar surface area (TPSA) is 25.2 Å². The van der Waals surface area contributed by atoms with Gasteiger partial charge in [0.1, 0.15) is 11.3 Å². The van der Waals surface area contributed by atoms with Gasteiger partial charge in [0.05, 0.1) is 6.04 Å². The molecular weight excluding hydrogens is 186 g/mol. The molecule has 1 aromatic heterocycles. The standard InChI is InChI=1S/C13H15NO/c1-8-7-14-9(2)13-12(8)10-5-3-4-6-11(10)15-13/h3-6,8-9,14H,7H2,1-2H3. The first-order valence-corrected chi connectivity index (χ1v) is 5.52. The molecule has 2 nitrogen and oxygen atoms in total. The van der Waals surface area contributed by atoms with Gasteiger partial charge in [0.15, 0.2) is 0 Å². The van der Waals surface area contributed by atoms with E-state index in [0.29, 0.717) is 12.0 Å². The molecule has 15 heavy (non-hydrogen) atoms. The Hall–Kier alpha value is -1.28. The maximum Gasteiger partial charge on any atom is 0.134 e. The lowest BCUT2D eigenvalue weighted by molar-refractivity contribution is 0.405. The molecule has 78 valence electrons. The number of benzene rings is 1. The zero-order valence-electron chi connectivity index (χ0n) is 9.08. The van der Waals surface area contributed by atoms with Crippen LogP contribution in [-0.4, -0.2) is 6.54 Å². The molecular formula is C13H15NO. The van der Waals surface area contributed by atoms with Crippen LogP contribution in [0.15, 0.2) is 28.7 Å². The predicted octanol–water partition coefficient (Wildman–Crippen LogP) is 3.20. The van der Waals surface area contributed by atoms with Crippen LogP contribution in [0.2, 0.25) is 0 Å². The van der Waals surface area contributed by atoms with Gasteiger partial charge >= 0.3 is 0 Å². The Morgan fingerprint density at radius 3 is 2.93 bits per heavy atom. The van der Waals surface area contributed by atoms with Gasteiger partial charge in [-0.25, -0.2) is 0 Å². The number of fused-ring (bicyclic) bond motifs is 3. The second kappa shape index (κ2) is 3.11. The third kappa shape index (κ3) is 1.21. The molecule has 2 heteroatoms. The summed E-state index contributed by atoms with van der Waals surface area (Å²) < 4.78 is 5.91. The van der Waals surface area contributed by atoms with E-state index in [1.807, 2.05) is 12.1 Å². The molecule has 0 fully saturated rings. The summed E-state index contributed by atoms with van der Waals surface area (Å²) in [5, 5.41) is 4.74. The highest BCUT2D eigenvalue weighted by Crippen LogP contribution is 2.37. The van der Waals surface area contributed by atoms with Crippen molar-refractivity contribution in [2.75, 3.05) is 6.54 Å². The lowest BCUT2D eigenvalue weighted by Gasteiger charge is -2.24. The molecule has 2 aromatic rings. The van der Waals surface area contributed by atoms with E-state index in [2.05, 4.69) is 31.3 Å². The molecule has 0 saturated carbocycles. The fourth-order valence-corrected chi connectivity index (χ4v) is 2.46. The van der Waals surface area contributed by atoms with Crippen LogP contribution in [-0.2, 0) is 0 Å². The van der Waals surface area contributed by atoms with Gasteiger partial charge < -0.3 is 9.73 Å². The lowest BCUT2D eigenvalue weighted by Crippen LogP contribution is -2.29. The van der Waals surface area contributed by atoms with Crippen LogP contribution in [0.1, 0.15) is 37.1 Å². The first-order chi connectivity index (χ1) is 7.27. The normalized spacial score (nSPS) is 25.5. The number of hydrogen-bond donors (Lipinski definition) is 1. The van der Waals surface area contributed by atoms with Gasteiger partial charge in [-0.2, -0.15) is 0 Å². The van der Waals surface area contributed by atoms with Crippen molar-refractivity contribution < 1.29 is 4.42 Å². The maximum atomic E-state index is 5.91. The molecule has 0 radical (unpaired) electrons. The van der Waals surface area contributed by atoms with Crippen molar-refractivity contribution >= 4 is 11.0 Å². The summed E-state index contributed by atoms with van der Waals surface area (Å²) in [6, 6.07) is 8.65. The number of hydrogen-bond acceptors (Lipinski definition) is 2. The van der Waals surface area contributed by atoms with Crippen LogP contribution in [0.25, 0.3) is 11.0 Å². The molecule has 1 N–H and O–H groups in total. The first-order valence-electron chi connectivity index (χ1n) is 5.52. The van der Waals surface area contributed by atoms with E-state index in [1.54, 1.807) is 0 Å². The Balaban J connectivity index is 2.34. The Labute approximate surface area is 89.3 Å². The zero-order chi connectivity index (χ0) is 10.4. The predicted molar refractivity (Wildman–Crippen MR) is 61.0 cm³/mol. The summed E-state index contributed by atoms with van der Waals surface area (Å²) in [4.78, 5) is 0. The van der Waals surface area contributed by atoms with Gasteiger partial charge in [-0.15, -0.1) is 0 Å². The summed E-state index contributed by atoms with van der Waals surface area (Å²) in [6.45, 7) is 5.45. The molecule has 1 aromatic carbocycles. The average Bonchev–Trinajstić information content (AvgIpc) is 2.64. The molecule has 0 saturated heterocycles. The minimum atomic E-state index is 0.337. The van der Waals surface area contributed by atoms with E-state index in [1.165, 1.54) is 10.9 Å². The fraction of sp³-hybridized carbons (Fsp3) is 0.385. The first kappa shape index (κ1) is 8.98. The third-order valence-corrected chi connectivity index (χ3v) is 3.28. The van der Waals surface area contributed by atoms with Gasteiger partial charge in [-0.3, -0.25) is 0 Å². The second-order valence-corrected chi connectivity index (χ2v) is 4.41. The third-order valence-electron chi connectivity index (χ3n) is 3.28. The zero-order valence-corrected chi connectivity index (χ0v) is 9.08. The Kier molecular flexibility index (Phi) is 1.86. The highest BCUT2D eigenvalue weighted by atomic mass is 16.3. The van der Waals surface area contributed by atoms with Gasteiger partial charge in [-0.05, 0) is 18.9 Å². The van der Waals surface area contributed by atoms with Gasteiger partial charge in [0, 0.05) is 17.5 Å². The summed E-state index contributed by atoms with van der Waals surface area (Å²) in [5.74, 6) is 1.66. The summed E-state index contributed by atoms with van der Waals surface area (Å²) in [6.07, 6.45) is 0. The van der Waals surface area contributed by atoms with E-state index in [9.17, 15) is 0 Å². The van der Waals surface area contributed by atoms with Crippen LogP contribution >= 0.6 is 0 Å². The smallest absolute Gasteiger partial charge is 0.134 e. The highest BCUT2D eigenvalue weighted by molar-refractivity contribution is 5.83. The van der Waals surface area contributed by atoms with Crippen molar-refractivity contribution in [1.29, 1.82) is 0 Å². The van der Waals surface area contributed by atoms with E-state index in [0.717, 1.165) is 17.9 Å². The Morgan fingerprint density at radius 2 is 2.07 bits per heavy atom. The molecule has 1 aliphatic heterocycles. The molecule has 2 atom stereocenters. The van der Waals surface area contributed by atoms with E-state index < -0.39 is 0 Å². The highest BCUT2D eigenvalue weighted by Gasteiger charge is 2.27. The SMILES string of the molecule is CC1CNC(C)c2oc3ccccc3c21. The minimum absolute atomic E-state index is 0.337. The molecule has 3 rings (SSSR count). The number of para-hydroxylation sites is 1. The monoisotopic (exact) mass is 201 g/mol. The molecule has 0 spiro atoms. The van der Waals surface area contributed by atoms with E-state index in [-0.39, 0.29) is 0 Å². The van der Waals surface area contributed by atoms with Crippen LogP contribution in [0.3, 0.4) is 0 Å². The second-order valence-electron chi connectivity index (χ2n) is 4.41. The number of nitrogens with one attached hydrogen (secondary N) is 1. The van der Waals surface area contributed by atoms with Crippen molar-refractivity contribution in [3.63, 3.8) is 0 Å². The Bertz CT molecular complexity index is 500. The molecule has 2 heterocycles.